The Hall–Kier alpha value is -2.25. The van der Waals surface area contributed by atoms with Gasteiger partial charge in [0.05, 0.1) is 17.3 Å². The van der Waals surface area contributed by atoms with Crippen molar-refractivity contribution in [2.24, 2.45) is 0 Å². The van der Waals surface area contributed by atoms with Crippen molar-refractivity contribution in [3.05, 3.63) is 45.3 Å². The monoisotopic (exact) mass is 399 g/mol. The van der Waals surface area contributed by atoms with E-state index in [2.05, 4.69) is 16.0 Å². The molecule has 0 spiro atoms. The maximum atomic E-state index is 12.1. The molecule has 1 aromatic heterocycles. The minimum atomic E-state index is -0.460. The van der Waals surface area contributed by atoms with Crippen molar-refractivity contribution in [3.63, 3.8) is 0 Å². The number of hydrazine groups is 1. The molecule has 2 rings (SSSR count). The zero-order valence-corrected chi connectivity index (χ0v) is 15.9. The second-order valence-corrected chi connectivity index (χ2v) is 6.29. The van der Waals surface area contributed by atoms with Gasteiger partial charge in [0, 0.05) is 11.4 Å². The van der Waals surface area contributed by atoms with Crippen LogP contribution in [0.3, 0.4) is 0 Å². The minimum Gasteiger partial charge on any atom is -0.492 e. The molecule has 0 radical (unpaired) electrons. The Morgan fingerprint density at radius 3 is 2.73 bits per heavy atom. The average molecular weight is 400 g/mol. The molecule has 2 N–H and O–H groups in total. The third-order valence-corrected chi connectivity index (χ3v) is 4.04. The fourth-order valence-electron chi connectivity index (χ4n) is 2.21. The van der Waals surface area contributed by atoms with Crippen LogP contribution in [-0.4, -0.2) is 23.6 Å². The number of carbonyl (C=O) groups excluding carboxylic acids is 2. The average Bonchev–Trinajstić information content (AvgIpc) is 2.99. The van der Waals surface area contributed by atoms with E-state index in [1.54, 1.807) is 25.1 Å². The molecule has 0 aliphatic rings. The number of nitrogens with zero attached hydrogens (tertiary/aromatic N) is 1. The molecule has 0 unspecified atom stereocenters. The Labute approximate surface area is 160 Å². The summed E-state index contributed by atoms with van der Waals surface area (Å²) < 4.78 is 10.5. The molecular formula is C17H19Cl2N3O4. The van der Waals surface area contributed by atoms with Crippen LogP contribution in [0.2, 0.25) is 10.0 Å². The Kier molecular flexibility index (Phi) is 7.29. The number of rotatable bonds is 7. The van der Waals surface area contributed by atoms with E-state index in [4.69, 9.17) is 32.5 Å². The lowest BCUT2D eigenvalue weighted by Gasteiger charge is -2.09. The molecule has 0 saturated carbocycles. The molecule has 9 heteroatoms. The van der Waals surface area contributed by atoms with Gasteiger partial charge in [0.2, 0.25) is 5.91 Å². The highest BCUT2D eigenvalue weighted by Gasteiger charge is 2.19. The highest BCUT2D eigenvalue weighted by Crippen LogP contribution is 2.27. The van der Waals surface area contributed by atoms with Gasteiger partial charge in [0.1, 0.15) is 17.1 Å². The molecule has 0 atom stereocenters. The summed E-state index contributed by atoms with van der Waals surface area (Å²) in [5.74, 6) is 0.108. The fourth-order valence-corrected chi connectivity index (χ4v) is 2.67. The van der Waals surface area contributed by atoms with Crippen molar-refractivity contribution in [1.29, 1.82) is 0 Å². The quantitative estimate of drug-likeness (QED) is 0.548. The van der Waals surface area contributed by atoms with Crippen LogP contribution in [0.4, 0.5) is 0 Å². The van der Waals surface area contributed by atoms with Crippen molar-refractivity contribution in [2.75, 3.05) is 6.61 Å². The van der Waals surface area contributed by atoms with Gasteiger partial charge in [-0.15, -0.1) is 0 Å². The number of aromatic nitrogens is 1. The number of carbonyl (C=O) groups is 2. The number of nitrogens with one attached hydrogen (secondary N) is 2. The van der Waals surface area contributed by atoms with Crippen molar-refractivity contribution in [2.45, 2.75) is 33.1 Å². The topological polar surface area (TPSA) is 93.5 Å². The molecule has 7 nitrogen and oxygen atoms in total. The smallest absolute Gasteiger partial charge is 0.275 e. The van der Waals surface area contributed by atoms with E-state index in [0.29, 0.717) is 52.3 Å². The third kappa shape index (κ3) is 5.37. The standard InChI is InChI=1S/C17H19Cl2N3O4/c1-3-13-16(10(2)26-22-13)17(24)21-20-15(23)5-4-8-25-14-7-6-11(18)9-12(14)19/h6-7,9H,3-5,8H2,1-2H3,(H,20,23)(H,21,24). The Morgan fingerprint density at radius 1 is 1.27 bits per heavy atom. The van der Waals surface area contributed by atoms with E-state index in [1.807, 2.05) is 6.92 Å². The molecule has 2 amide bonds. The fraction of sp³-hybridized carbons (Fsp3) is 0.353. The van der Waals surface area contributed by atoms with E-state index in [0.717, 1.165) is 0 Å². The van der Waals surface area contributed by atoms with Crippen molar-refractivity contribution in [1.82, 2.24) is 16.0 Å². The largest absolute Gasteiger partial charge is 0.492 e. The van der Waals surface area contributed by atoms with Gasteiger partial charge in [0.25, 0.3) is 5.91 Å². The maximum Gasteiger partial charge on any atom is 0.275 e. The predicted molar refractivity (Wildman–Crippen MR) is 97.4 cm³/mol. The number of amides is 2. The number of halogens is 2. The van der Waals surface area contributed by atoms with Crippen LogP contribution >= 0.6 is 23.2 Å². The van der Waals surface area contributed by atoms with Gasteiger partial charge in [-0.1, -0.05) is 35.3 Å². The van der Waals surface area contributed by atoms with E-state index >= 15 is 0 Å². The van der Waals surface area contributed by atoms with Crippen molar-refractivity contribution < 1.29 is 18.8 Å². The molecule has 1 heterocycles. The summed E-state index contributed by atoms with van der Waals surface area (Å²) in [7, 11) is 0. The van der Waals surface area contributed by atoms with Crippen LogP contribution < -0.4 is 15.6 Å². The number of hydrogen-bond donors (Lipinski definition) is 2. The first-order valence-electron chi connectivity index (χ1n) is 8.04. The molecule has 1 aromatic carbocycles. The summed E-state index contributed by atoms with van der Waals surface area (Å²) in [5.41, 5.74) is 5.60. The predicted octanol–water partition coefficient (Wildman–Crippen LogP) is 3.47. The Bertz CT molecular complexity index is 792. The van der Waals surface area contributed by atoms with E-state index in [9.17, 15) is 9.59 Å². The van der Waals surface area contributed by atoms with Gasteiger partial charge >= 0.3 is 0 Å². The van der Waals surface area contributed by atoms with Gasteiger partial charge in [0.15, 0.2) is 0 Å². The van der Waals surface area contributed by atoms with E-state index in [-0.39, 0.29) is 12.3 Å². The summed E-state index contributed by atoms with van der Waals surface area (Å²) in [6.07, 6.45) is 1.18. The maximum absolute atomic E-state index is 12.1. The summed E-state index contributed by atoms with van der Waals surface area (Å²) in [5, 5.41) is 4.73. The minimum absolute atomic E-state index is 0.175. The van der Waals surface area contributed by atoms with Crippen LogP contribution in [0.1, 0.15) is 41.6 Å². The highest BCUT2D eigenvalue weighted by atomic mass is 35.5. The highest BCUT2D eigenvalue weighted by molar-refractivity contribution is 6.35. The molecule has 140 valence electrons. The van der Waals surface area contributed by atoms with E-state index in [1.165, 1.54) is 0 Å². The first-order valence-corrected chi connectivity index (χ1v) is 8.80. The number of benzene rings is 1. The van der Waals surface area contributed by atoms with Crippen LogP contribution in [-0.2, 0) is 11.2 Å². The lowest BCUT2D eigenvalue weighted by molar-refractivity contribution is -0.122. The number of ether oxygens (including phenoxy) is 1. The van der Waals surface area contributed by atoms with E-state index < -0.39 is 5.91 Å². The molecule has 0 bridgehead atoms. The van der Waals surface area contributed by atoms with Crippen LogP contribution in [0.5, 0.6) is 5.75 Å². The molecule has 2 aromatic rings. The van der Waals surface area contributed by atoms with Crippen LogP contribution in [0.15, 0.2) is 22.7 Å². The lowest BCUT2D eigenvalue weighted by Crippen LogP contribution is -2.42. The number of aryl methyl sites for hydroxylation is 2. The van der Waals surface area contributed by atoms with Gasteiger partial charge in [-0.25, -0.2) is 0 Å². The molecule has 0 aliphatic heterocycles. The zero-order valence-electron chi connectivity index (χ0n) is 14.4. The molecule has 0 saturated heterocycles. The first-order chi connectivity index (χ1) is 12.4. The van der Waals surface area contributed by atoms with Gasteiger partial charge in [-0.2, -0.15) is 0 Å². The normalized spacial score (nSPS) is 10.5. The molecular weight excluding hydrogens is 381 g/mol. The van der Waals surface area contributed by atoms with Crippen LogP contribution in [0.25, 0.3) is 0 Å². The molecule has 0 aliphatic carbocycles. The van der Waals surface area contributed by atoms with Crippen LogP contribution in [0, 0.1) is 6.92 Å². The summed E-state index contributed by atoms with van der Waals surface area (Å²) >= 11 is 11.8. The SMILES string of the molecule is CCc1noc(C)c1C(=O)NNC(=O)CCCOc1ccc(Cl)cc1Cl. The lowest BCUT2D eigenvalue weighted by atomic mass is 10.1. The summed E-state index contributed by atoms with van der Waals surface area (Å²) in [6.45, 7) is 3.80. The van der Waals surface area contributed by atoms with Gasteiger partial charge in [-0.3, -0.25) is 20.4 Å². The zero-order chi connectivity index (χ0) is 19.1. The van der Waals surface area contributed by atoms with Crippen molar-refractivity contribution in [3.8, 4) is 5.75 Å². The van der Waals surface area contributed by atoms with Gasteiger partial charge < -0.3 is 9.26 Å². The summed E-state index contributed by atoms with van der Waals surface area (Å²) in [4.78, 5) is 23.9. The first kappa shape index (κ1) is 20.1. The Balaban J connectivity index is 1.72. The third-order valence-electron chi connectivity index (χ3n) is 3.51. The summed E-state index contributed by atoms with van der Waals surface area (Å²) in [6, 6.07) is 4.91. The van der Waals surface area contributed by atoms with Gasteiger partial charge in [-0.05, 0) is 38.0 Å². The molecule has 26 heavy (non-hydrogen) atoms. The second kappa shape index (κ2) is 9.45. The van der Waals surface area contributed by atoms with Crippen molar-refractivity contribution >= 4 is 35.0 Å². The number of hydrogen-bond acceptors (Lipinski definition) is 5. The Morgan fingerprint density at radius 2 is 2.04 bits per heavy atom. The molecule has 0 fully saturated rings. The second-order valence-electron chi connectivity index (χ2n) is 5.44.